The van der Waals surface area contributed by atoms with E-state index in [-0.39, 0.29) is 28.8 Å². The molecule has 1 heterocycles. The summed E-state index contributed by atoms with van der Waals surface area (Å²) in [4.78, 5) is 12.7. The average Bonchev–Trinajstić information content (AvgIpc) is 2.57. The van der Waals surface area contributed by atoms with Crippen molar-refractivity contribution in [1.29, 1.82) is 0 Å². The first-order valence-electron chi connectivity index (χ1n) is 10.9. The third kappa shape index (κ3) is 4.66. The van der Waals surface area contributed by atoms with E-state index in [1.165, 1.54) is 0 Å². The molecule has 6 nitrogen and oxygen atoms in total. The molecular formula is C20H44O6Si4. The Morgan fingerprint density at radius 2 is 1.33 bits per heavy atom. The molecule has 0 aromatic rings. The van der Waals surface area contributed by atoms with Crippen LogP contribution in [0.5, 0.6) is 0 Å². The van der Waals surface area contributed by atoms with Crippen molar-refractivity contribution >= 4 is 44.6 Å². The van der Waals surface area contributed by atoms with Crippen LogP contribution in [0.3, 0.4) is 0 Å². The highest BCUT2D eigenvalue weighted by molar-refractivity contribution is 6.77. The van der Waals surface area contributed by atoms with E-state index in [4.69, 9.17) is 21.2 Å². The van der Waals surface area contributed by atoms with E-state index < -0.39 is 49.6 Å². The summed E-state index contributed by atoms with van der Waals surface area (Å²) in [7, 11) is -6.13. The van der Waals surface area contributed by atoms with E-state index in [9.17, 15) is 4.79 Å². The Balaban J connectivity index is 3.79. The third-order valence-corrected chi connectivity index (χ3v) is 18.9. The lowest BCUT2D eigenvalue weighted by molar-refractivity contribution is -0.188. The maximum Gasteiger partial charge on any atom is 0.333 e. The molecule has 0 N–H and O–H groups in total. The molecule has 30 heavy (non-hydrogen) atoms. The molecule has 1 atom stereocenters. The molecule has 0 aromatic carbocycles. The molecule has 0 spiro atoms. The molecule has 0 aromatic heterocycles. The van der Waals surface area contributed by atoms with Crippen LogP contribution in [0.1, 0.15) is 69.2 Å². The van der Waals surface area contributed by atoms with Crippen LogP contribution in [-0.4, -0.2) is 50.2 Å². The average molecular weight is 493 g/mol. The number of esters is 1. The summed E-state index contributed by atoms with van der Waals surface area (Å²) in [5.41, 5.74) is -0.824. The topological polar surface area (TPSA) is 63.2 Å². The van der Waals surface area contributed by atoms with Gasteiger partial charge >= 0.3 is 14.5 Å². The van der Waals surface area contributed by atoms with Crippen LogP contribution in [0.2, 0.25) is 11.6 Å². The van der Waals surface area contributed by atoms with Gasteiger partial charge in [0, 0.05) is 16.0 Å². The van der Waals surface area contributed by atoms with Gasteiger partial charge in [0.05, 0.1) is 0 Å². The first-order chi connectivity index (χ1) is 13.6. The summed E-state index contributed by atoms with van der Waals surface area (Å²) in [6.45, 7) is 27.4. The van der Waals surface area contributed by atoms with Crippen molar-refractivity contribution in [2.24, 2.45) is 23.2 Å². The zero-order valence-electron chi connectivity index (χ0n) is 21.0. The highest BCUT2D eigenvalue weighted by Crippen LogP contribution is 2.68. The number of rotatable bonds is 8. The van der Waals surface area contributed by atoms with Crippen molar-refractivity contribution in [2.45, 2.75) is 86.4 Å². The van der Waals surface area contributed by atoms with Gasteiger partial charge in [-0.05, 0) is 38.1 Å². The first-order valence-corrected chi connectivity index (χ1v) is 16.7. The highest BCUT2D eigenvalue weighted by Gasteiger charge is 2.70. The largest absolute Gasteiger partial charge is 0.455 e. The quantitative estimate of drug-likeness (QED) is 0.295. The van der Waals surface area contributed by atoms with Gasteiger partial charge in [0.25, 0.3) is 30.0 Å². The van der Waals surface area contributed by atoms with Crippen LogP contribution in [0.15, 0.2) is 12.2 Å². The van der Waals surface area contributed by atoms with Crippen molar-refractivity contribution in [3.05, 3.63) is 12.2 Å². The van der Waals surface area contributed by atoms with Gasteiger partial charge < -0.3 is 21.2 Å². The van der Waals surface area contributed by atoms with Gasteiger partial charge in [0.1, 0.15) is 5.60 Å². The van der Waals surface area contributed by atoms with Gasteiger partial charge in [-0.3, -0.25) is 0 Å². The van der Waals surface area contributed by atoms with Crippen molar-refractivity contribution in [2.75, 3.05) is 0 Å². The zero-order chi connectivity index (χ0) is 23.5. The Bertz CT molecular complexity index is 606. The van der Waals surface area contributed by atoms with Crippen LogP contribution in [0.4, 0.5) is 0 Å². The number of carbonyl (C=O) groups is 1. The smallest absolute Gasteiger partial charge is 0.333 e. The molecular weight excluding hydrogens is 449 g/mol. The fraction of sp³-hybridized carbons (Fsp3) is 0.850. The molecule has 1 saturated heterocycles. The Labute approximate surface area is 192 Å². The van der Waals surface area contributed by atoms with Gasteiger partial charge in [-0.1, -0.05) is 62.0 Å². The van der Waals surface area contributed by atoms with E-state index in [1.807, 2.05) is 0 Å². The van der Waals surface area contributed by atoms with E-state index in [0.717, 1.165) is 0 Å². The highest BCUT2D eigenvalue weighted by atomic mass is 28.5. The Morgan fingerprint density at radius 3 is 1.67 bits per heavy atom. The van der Waals surface area contributed by atoms with Gasteiger partial charge in [-0.2, -0.15) is 0 Å². The van der Waals surface area contributed by atoms with Crippen molar-refractivity contribution in [3.63, 3.8) is 0 Å². The summed E-state index contributed by atoms with van der Waals surface area (Å²) in [6.07, 6.45) is 0. The number of hydrogen-bond acceptors (Lipinski definition) is 6. The maximum atomic E-state index is 12.7. The minimum Gasteiger partial charge on any atom is -0.455 e. The summed E-state index contributed by atoms with van der Waals surface area (Å²) in [5.74, 6) is 0.178. The molecule has 1 rings (SSSR count). The van der Waals surface area contributed by atoms with E-state index >= 15 is 0 Å². The molecule has 1 fully saturated rings. The molecule has 0 radical (unpaired) electrons. The summed E-state index contributed by atoms with van der Waals surface area (Å²) >= 11 is 0. The molecule has 1 aliphatic rings. The lowest BCUT2D eigenvalue weighted by Gasteiger charge is -2.65. The second-order valence-electron chi connectivity index (χ2n) is 10.2. The van der Waals surface area contributed by atoms with Gasteiger partial charge in [0.15, 0.2) is 0 Å². The van der Waals surface area contributed by atoms with E-state index in [2.05, 4.69) is 75.4 Å². The lowest BCUT2D eigenvalue weighted by Crippen LogP contribution is -2.69. The van der Waals surface area contributed by atoms with Gasteiger partial charge in [-0.25, -0.2) is 4.79 Å². The predicted octanol–water partition coefficient (Wildman–Crippen LogP) is 2.75. The second kappa shape index (κ2) is 10.2. The summed E-state index contributed by atoms with van der Waals surface area (Å²) in [6, 6.07) is 0. The van der Waals surface area contributed by atoms with Crippen LogP contribution in [0.25, 0.3) is 0 Å². The van der Waals surface area contributed by atoms with Crippen LogP contribution < -0.4 is 0 Å². The lowest BCUT2D eigenvalue weighted by atomic mass is 9.56. The Morgan fingerprint density at radius 1 is 0.900 bits per heavy atom. The summed E-state index contributed by atoms with van der Waals surface area (Å²) < 4.78 is 31.1. The zero-order valence-corrected chi connectivity index (χ0v) is 26.3. The van der Waals surface area contributed by atoms with Crippen LogP contribution >= 0.6 is 0 Å². The number of carbonyl (C=O) groups excluding carboxylic acids is 1. The molecule has 0 saturated carbocycles. The fourth-order valence-electron chi connectivity index (χ4n) is 6.10. The maximum absolute atomic E-state index is 12.7. The molecule has 176 valence electrons. The second-order valence-corrected chi connectivity index (χ2v) is 19.2. The molecule has 1 aliphatic heterocycles. The molecule has 0 bridgehead atoms. The van der Waals surface area contributed by atoms with Crippen molar-refractivity contribution in [3.8, 4) is 0 Å². The van der Waals surface area contributed by atoms with Crippen molar-refractivity contribution in [1.82, 2.24) is 0 Å². The van der Waals surface area contributed by atoms with Crippen molar-refractivity contribution < 1.29 is 26.0 Å². The van der Waals surface area contributed by atoms with Crippen LogP contribution in [-0.2, 0) is 26.0 Å². The minimum absolute atomic E-state index is 0.0771. The Kier molecular flexibility index (Phi) is 9.54. The van der Waals surface area contributed by atoms with E-state index in [0.29, 0.717) is 5.57 Å². The third-order valence-electron chi connectivity index (χ3n) is 7.60. The molecule has 1 unspecified atom stereocenters. The monoisotopic (exact) mass is 492 g/mol. The fourth-order valence-corrected chi connectivity index (χ4v) is 18.6. The first kappa shape index (κ1) is 28.0. The SMILES string of the molecule is C=C(C)C(=O)OC(C)(C(C)C)C(C)(C)C(C(C)C)(C(C)C)[Si]1(C)O[SiH2]O[SiH2]O[SiH2]O1. The predicted molar refractivity (Wildman–Crippen MR) is 132 cm³/mol. The standard InChI is InChI=1S/C20H44O6Si4/c1-13(2)17(21)22-19(11,14(3)4)18(9,10)20(15(5)6,16(7)8)30(12)25-28-23-27-24-29-26-30/h14-16H,1,27-29H2,2-12H3. The molecule has 0 aliphatic carbocycles. The minimum atomic E-state index is -2.81. The molecule has 10 heteroatoms. The summed E-state index contributed by atoms with van der Waals surface area (Å²) in [5, 5.41) is -0.361. The number of hydrogen-bond donors (Lipinski definition) is 0. The van der Waals surface area contributed by atoms with E-state index in [1.54, 1.807) is 6.92 Å². The van der Waals surface area contributed by atoms with Gasteiger partial charge in [0.2, 0.25) is 0 Å². The number of ether oxygens (including phenoxy) is 1. The normalized spacial score (nSPS) is 26.2. The van der Waals surface area contributed by atoms with Gasteiger partial charge in [-0.15, -0.1) is 0 Å². The van der Waals surface area contributed by atoms with Crippen LogP contribution in [0, 0.1) is 23.2 Å². The molecule has 0 amide bonds. The Hall–Kier alpha value is -0.0825.